The molecule has 1 aliphatic rings. The summed E-state index contributed by atoms with van der Waals surface area (Å²) in [7, 11) is 0. The van der Waals surface area contributed by atoms with Gasteiger partial charge in [0.2, 0.25) is 0 Å². The zero-order chi connectivity index (χ0) is 16.1. The van der Waals surface area contributed by atoms with E-state index in [0.717, 1.165) is 21.9 Å². The van der Waals surface area contributed by atoms with Crippen molar-refractivity contribution in [2.24, 2.45) is 0 Å². The largest absolute Gasteiger partial charge is 0.268 e. The van der Waals surface area contributed by atoms with Crippen molar-refractivity contribution >= 4 is 28.3 Å². The standard InChI is InChI=1S/C20H15NO2/c1-12-9-13(2)11-15(10-12)21-19(22)16-7-3-5-14-6-4-8-17(18(14)16)20(21)23/h3-11H,1-2H3. The van der Waals surface area contributed by atoms with Gasteiger partial charge in [-0.3, -0.25) is 9.59 Å². The van der Waals surface area contributed by atoms with Crippen LogP contribution in [0.15, 0.2) is 54.6 Å². The van der Waals surface area contributed by atoms with Crippen LogP contribution < -0.4 is 4.90 Å². The van der Waals surface area contributed by atoms with Crippen molar-refractivity contribution in [2.45, 2.75) is 13.8 Å². The van der Waals surface area contributed by atoms with Crippen LogP contribution in [0.2, 0.25) is 0 Å². The molecule has 0 saturated heterocycles. The summed E-state index contributed by atoms with van der Waals surface area (Å²) in [5.41, 5.74) is 3.84. The van der Waals surface area contributed by atoms with Gasteiger partial charge in [0.1, 0.15) is 0 Å². The van der Waals surface area contributed by atoms with Gasteiger partial charge in [0.15, 0.2) is 0 Å². The number of nitrogens with zero attached hydrogens (tertiary/aromatic N) is 1. The van der Waals surface area contributed by atoms with E-state index in [0.29, 0.717) is 16.8 Å². The maximum absolute atomic E-state index is 12.9. The van der Waals surface area contributed by atoms with Gasteiger partial charge in [-0.15, -0.1) is 0 Å². The number of imide groups is 1. The molecule has 112 valence electrons. The normalized spacial score (nSPS) is 13.7. The van der Waals surface area contributed by atoms with E-state index < -0.39 is 0 Å². The molecular formula is C20H15NO2. The Kier molecular flexibility index (Phi) is 2.85. The Morgan fingerprint density at radius 3 is 1.78 bits per heavy atom. The molecule has 1 heterocycles. The van der Waals surface area contributed by atoms with Crippen molar-refractivity contribution in [3.05, 3.63) is 76.9 Å². The Hall–Kier alpha value is -2.94. The van der Waals surface area contributed by atoms with Crippen LogP contribution in [-0.4, -0.2) is 11.8 Å². The Bertz CT molecular complexity index is 917. The first-order chi connectivity index (χ1) is 11.1. The summed E-state index contributed by atoms with van der Waals surface area (Å²) in [5.74, 6) is -0.520. The van der Waals surface area contributed by atoms with Gasteiger partial charge in [0.25, 0.3) is 11.8 Å². The van der Waals surface area contributed by atoms with Crippen molar-refractivity contribution in [3.63, 3.8) is 0 Å². The fourth-order valence-corrected chi connectivity index (χ4v) is 3.34. The molecule has 3 heteroatoms. The highest BCUT2D eigenvalue weighted by Gasteiger charge is 2.33. The van der Waals surface area contributed by atoms with Gasteiger partial charge in [-0.1, -0.05) is 30.3 Å². The smallest absolute Gasteiger partial charge is 0.265 e. The lowest BCUT2D eigenvalue weighted by molar-refractivity contribution is 0.0893. The van der Waals surface area contributed by atoms with E-state index in [-0.39, 0.29) is 11.8 Å². The molecule has 0 bridgehead atoms. The third-order valence-electron chi connectivity index (χ3n) is 4.24. The SMILES string of the molecule is Cc1cc(C)cc(N2C(=O)c3cccc4cccc(c34)C2=O)c1. The van der Waals surface area contributed by atoms with Crippen molar-refractivity contribution < 1.29 is 9.59 Å². The van der Waals surface area contributed by atoms with E-state index in [1.807, 2.05) is 56.3 Å². The molecule has 3 nitrogen and oxygen atoms in total. The minimum Gasteiger partial charge on any atom is -0.268 e. The van der Waals surface area contributed by atoms with Gasteiger partial charge in [0, 0.05) is 16.5 Å². The van der Waals surface area contributed by atoms with E-state index in [2.05, 4.69) is 0 Å². The van der Waals surface area contributed by atoms with Gasteiger partial charge in [-0.25, -0.2) is 4.90 Å². The molecule has 0 fully saturated rings. The Balaban J connectivity index is 1.99. The van der Waals surface area contributed by atoms with Gasteiger partial charge in [-0.05, 0) is 54.6 Å². The summed E-state index contributed by atoms with van der Waals surface area (Å²) in [5, 5.41) is 1.67. The molecule has 3 aromatic carbocycles. The molecule has 0 aromatic heterocycles. The average molecular weight is 301 g/mol. The number of amides is 2. The van der Waals surface area contributed by atoms with Gasteiger partial charge >= 0.3 is 0 Å². The summed E-state index contributed by atoms with van der Waals surface area (Å²) in [6.07, 6.45) is 0. The molecular weight excluding hydrogens is 286 g/mol. The predicted octanol–water partition coefficient (Wildman–Crippen LogP) is 4.26. The lowest BCUT2D eigenvalue weighted by atomic mass is 9.93. The van der Waals surface area contributed by atoms with Crippen LogP contribution in [0.25, 0.3) is 10.8 Å². The number of hydrogen-bond donors (Lipinski definition) is 0. The summed E-state index contributed by atoms with van der Waals surface area (Å²) in [4.78, 5) is 27.2. The maximum atomic E-state index is 12.9. The molecule has 0 N–H and O–H groups in total. The quantitative estimate of drug-likeness (QED) is 0.630. The Morgan fingerprint density at radius 2 is 1.26 bits per heavy atom. The fraction of sp³-hybridized carbons (Fsp3) is 0.100. The summed E-state index contributed by atoms with van der Waals surface area (Å²) >= 11 is 0. The topological polar surface area (TPSA) is 37.4 Å². The number of anilines is 1. The number of aryl methyl sites for hydroxylation is 2. The van der Waals surface area contributed by atoms with Gasteiger partial charge < -0.3 is 0 Å². The zero-order valence-corrected chi connectivity index (χ0v) is 13.0. The first-order valence-corrected chi connectivity index (χ1v) is 7.55. The van der Waals surface area contributed by atoms with Crippen LogP contribution >= 0.6 is 0 Å². The highest BCUT2D eigenvalue weighted by atomic mass is 16.2. The van der Waals surface area contributed by atoms with E-state index in [1.54, 1.807) is 12.1 Å². The number of carbonyl (C=O) groups excluding carboxylic acids is 2. The highest BCUT2D eigenvalue weighted by molar-refractivity contribution is 6.35. The molecule has 23 heavy (non-hydrogen) atoms. The molecule has 0 unspecified atom stereocenters. The first kappa shape index (κ1) is 13.7. The Morgan fingerprint density at radius 1 is 0.739 bits per heavy atom. The molecule has 3 aromatic rings. The second-order valence-electron chi connectivity index (χ2n) is 6.00. The van der Waals surface area contributed by atoms with Crippen molar-refractivity contribution in [1.29, 1.82) is 0 Å². The number of rotatable bonds is 1. The van der Waals surface area contributed by atoms with Crippen LogP contribution in [0.5, 0.6) is 0 Å². The first-order valence-electron chi connectivity index (χ1n) is 7.55. The van der Waals surface area contributed by atoms with Crippen LogP contribution in [0.1, 0.15) is 31.8 Å². The minimum absolute atomic E-state index is 0.260. The molecule has 0 aliphatic carbocycles. The van der Waals surface area contributed by atoms with E-state index in [1.165, 1.54) is 4.90 Å². The highest BCUT2D eigenvalue weighted by Crippen LogP contribution is 2.33. The second kappa shape index (κ2) is 4.78. The third-order valence-corrected chi connectivity index (χ3v) is 4.24. The summed E-state index contributed by atoms with van der Waals surface area (Å²) < 4.78 is 0. The second-order valence-corrected chi connectivity index (χ2v) is 6.00. The monoisotopic (exact) mass is 301 g/mol. The predicted molar refractivity (Wildman–Crippen MR) is 91.0 cm³/mol. The molecule has 0 atom stereocenters. The van der Waals surface area contributed by atoms with E-state index in [4.69, 9.17) is 0 Å². The van der Waals surface area contributed by atoms with Crippen molar-refractivity contribution in [1.82, 2.24) is 0 Å². The molecule has 1 aliphatic heterocycles. The van der Waals surface area contributed by atoms with Crippen LogP contribution in [0.3, 0.4) is 0 Å². The number of carbonyl (C=O) groups is 2. The average Bonchev–Trinajstić information content (AvgIpc) is 2.51. The Labute approximate surface area is 134 Å². The molecule has 0 saturated carbocycles. The van der Waals surface area contributed by atoms with Gasteiger partial charge in [-0.2, -0.15) is 0 Å². The van der Waals surface area contributed by atoms with Crippen LogP contribution in [0.4, 0.5) is 5.69 Å². The lowest BCUT2D eigenvalue weighted by Crippen LogP contribution is -2.40. The number of hydrogen-bond acceptors (Lipinski definition) is 2. The van der Waals surface area contributed by atoms with Crippen molar-refractivity contribution in [2.75, 3.05) is 4.90 Å². The maximum Gasteiger partial charge on any atom is 0.265 e. The molecule has 4 rings (SSSR count). The molecule has 0 radical (unpaired) electrons. The van der Waals surface area contributed by atoms with E-state index >= 15 is 0 Å². The molecule has 0 spiro atoms. The third kappa shape index (κ3) is 1.97. The minimum atomic E-state index is -0.260. The molecule has 2 amide bonds. The van der Waals surface area contributed by atoms with E-state index in [9.17, 15) is 9.59 Å². The van der Waals surface area contributed by atoms with Crippen molar-refractivity contribution in [3.8, 4) is 0 Å². The zero-order valence-electron chi connectivity index (χ0n) is 13.0. The lowest BCUT2D eigenvalue weighted by Gasteiger charge is -2.27. The summed E-state index contributed by atoms with van der Waals surface area (Å²) in [6, 6.07) is 16.9. The number of benzene rings is 3. The van der Waals surface area contributed by atoms with Crippen LogP contribution in [0, 0.1) is 13.8 Å². The van der Waals surface area contributed by atoms with Gasteiger partial charge in [0.05, 0.1) is 5.69 Å². The summed E-state index contributed by atoms with van der Waals surface area (Å²) in [6.45, 7) is 3.92. The fourth-order valence-electron chi connectivity index (χ4n) is 3.34. The van der Waals surface area contributed by atoms with Crippen LogP contribution in [-0.2, 0) is 0 Å².